The Kier molecular flexibility index (Phi) is 5.92. The van der Waals surface area contributed by atoms with E-state index in [9.17, 15) is 14.4 Å². The number of hydrogen-bond acceptors (Lipinski definition) is 6. The Labute approximate surface area is 151 Å². The fraction of sp³-hybridized carbons (Fsp3) is 0.611. The highest BCUT2D eigenvalue weighted by atomic mass is 16.6. The molecule has 8 heteroatoms. The summed E-state index contributed by atoms with van der Waals surface area (Å²) in [5.74, 6) is 0.319. The van der Waals surface area contributed by atoms with Crippen LogP contribution in [0.1, 0.15) is 46.9 Å². The fourth-order valence-electron chi connectivity index (χ4n) is 3.40. The van der Waals surface area contributed by atoms with Gasteiger partial charge in [0.1, 0.15) is 11.3 Å². The molecular formula is C18H25N3O5. The Morgan fingerprint density at radius 1 is 1.38 bits per heavy atom. The second-order valence-corrected chi connectivity index (χ2v) is 6.75. The first-order valence-corrected chi connectivity index (χ1v) is 9.11. The van der Waals surface area contributed by atoms with Gasteiger partial charge in [-0.3, -0.25) is 4.79 Å². The molecule has 1 aromatic heterocycles. The SMILES string of the molecule is Cc1cc(C2CCCNC2)oc(=O)c1C(=O)NCCN1CCCOC1=O. The van der Waals surface area contributed by atoms with Crippen molar-refractivity contribution in [2.45, 2.75) is 32.1 Å². The number of nitrogens with one attached hydrogen (secondary N) is 2. The van der Waals surface area contributed by atoms with Crippen LogP contribution in [0.3, 0.4) is 0 Å². The van der Waals surface area contributed by atoms with Crippen molar-refractivity contribution in [3.05, 3.63) is 33.4 Å². The number of nitrogens with zero attached hydrogens (tertiary/aromatic N) is 1. The highest BCUT2D eigenvalue weighted by molar-refractivity contribution is 5.95. The molecule has 3 heterocycles. The smallest absolute Gasteiger partial charge is 0.409 e. The average molecular weight is 363 g/mol. The number of piperidine rings is 1. The lowest BCUT2D eigenvalue weighted by molar-refractivity contribution is 0.0719. The first kappa shape index (κ1) is 18.4. The van der Waals surface area contributed by atoms with Crippen molar-refractivity contribution in [2.75, 3.05) is 39.3 Å². The number of hydrogen-bond donors (Lipinski definition) is 2. The van der Waals surface area contributed by atoms with E-state index in [2.05, 4.69) is 10.6 Å². The topological polar surface area (TPSA) is 101 Å². The summed E-state index contributed by atoms with van der Waals surface area (Å²) in [4.78, 5) is 37.8. The molecule has 0 aromatic carbocycles. The third-order valence-corrected chi connectivity index (χ3v) is 4.82. The van der Waals surface area contributed by atoms with Crippen LogP contribution in [0.2, 0.25) is 0 Å². The van der Waals surface area contributed by atoms with Crippen molar-refractivity contribution < 1.29 is 18.7 Å². The third-order valence-electron chi connectivity index (χ3n) is 4.82. The van der Waals surface area contributed by atoms with E-state index in [0.717, 1.165) is 32.4 Å². The van der Waals surface area contributed by atoms with Gasteiger partial charge in [-0.05, 0) is 44.4 Å². The Bertz CT molecular complexity index is 724. The summed E-state index contributed by atoms with van der Waals surface area (Å²) in [6.07, 6.45) is 2.41. The maximum atomic E-state index is 12.4. The number of carbonyl (C=O) groups excluding carboxylic acids is 2. The molecule has 142 valence electrons. The van der Waals surface area contributed by atoms with Crippen LogP contribution >= 0.6 is 0 Å². The monoisotopic (exact) mass is 363 g/mol. The van der Waals surface area contributed by atoms with Gasteiger partial charge in [-0.1, -0.05) is 0 Å². The zero-order chi connectivity index (χ0) is 18.5. The van der Waals surface area contributed by atoms with Crippen molar-refractivity contribution in [1.29, 1.82) is 0 Å². The van der Waals surface area contributed by atoms with E-state index in [1.807, 2.05) is 0 Å². The van der Waals surface area contributed by atoms with E-state index in [1.165, 1.54) is 4.90 Å². The van der Waals surface area contributed by atoms with E-state index in [-0.39, 0.29) is 24.1 Å². The zero-order valence-electron chi connectivity index (χ0n) is 15.0. The van der Waals surface area contributed by atoms with Crippen LogP contribution in [0.15, 0.2) is 15.3 Å². The minimum atomic E-state index is -0.611. The van der Waals surface area contributed by atoms with Crippen LogP contribution in [0.5, 0.6) is 0 Å². The Hall–Kier alpha value is -2.35. The molecule has 0 radical (unpaired) electrons. The van der Waals surface area contributed by atoms with Crippen LogP contribution in [-0.2, 0) is 4.74 Å². The molecule has 26 heavy (non-hydrogen) atoms. The van der Waals surface area contributed by atoms with E-state index in [1.54, 1.807) is 13.0 Å². The maximum Gasteiger partial charge on any atom is 0.409 e. The maximum absolute atomic E-state index is 12.4. The lowest BCUT2D eigenvalue weighted by Gasteiger charge is -2.26. The van der Waals surface area contributed by atoms with Gasteiger partial charge in [0, 0.05) is 32.1 Å². The summed E-state index contributed by atoms with van der Waals surface area (Å²) in [6.45, 7) is 5.14. The Morgan fingerprint density at radius 3 is 2.92 bits per heavy atom. The summed E-state index contributed by atoms with van der Waals surface area (Å²) in [5.41, 5.74) is 0.0240. The third kappa shape index (κ3) is 4.24. The summed E-state index contributed by atoms with van der Waals surface area (Å²) >= 11 is 0. The standard InChI is InChI=1S/C18H25N3O5/c1-12-10-14(13-4-2-5-19-11-13)26-17(23)15(12)16(22)20-6-8-21-7-3-9-25-18(21)24/h10,13,19H,2-9,11H2,1H3,(H,20,22). The van der Waals surface area contributed by atoms with Crippen molar-refractivity contribution in [3.63, 3.8) is 0 Å². The highest BCUT2D eigenvalue weighted by Crippen LogP contribution is 2.23. The molecule has 2 fully saturated rings. The summed E-state index contributed by atoms with van der Waals surface area (Å²) in [7, 11) is 0. The molecule has 8 nitrogen and oxygen atoms in total. The molecule has 2 N–H and O–H groups in total. The van der Waals surface area contributed by atoms with Crippen LogP contribution in [0, 0.1) is 6.92 Å². The number of ether oxygens (including phenoxy) is 1. The highest BCUT2D eigenvalue weighted by Gasteiger charge is 2.23. The van der Waals surface area contributed by atoms with Crippen molar-refractivity contribution >= 4 is 12.0 Å². The van der Waals surface area contributed by atoms with Crippen LogP contribution in [0.25, 0.3) is 0 Å². The first-order chi connectivity index (χ1) is 12.6. The normalized spacial score (nSPS) is 20.6. The van der Waals surface area contributed by atoms with E-state index >= 15 is 0 Å². The Morgan fingerprint density at radius 2 is 2.23 bits per heavy atom. The minimum Gasteiger partial charge on any atom is -0.449 e. The van der Waals surface area contributed by atoms with Gasteiger partial charge in [0.2, 0.25) is 0 Å². The number of amides is 2. The second-order valence-electron chi connectivity index (χ2n) is 6.75. The largest absolute Gasteiger partial charge is 0.449 e. The van der Waals surface area contributed by atoms with Gasteiger partial charge in [-0.25, -0.2) is 9.59 Å². The minimum absolute atomic E-state index is 0.0266. The van der Waals surface area contributed by atoms with E-state index < -0.39 is 11.5 Å². The second kappa shape index (κ2) is 8.35. The lowest BCUT2D eigenvalue weighted by atomic mass is 9.95. The summed E-state index contributed by atoms with van der Waals surface area (Å²) < 4.78 is 10.4. The average Bonchev–Trinajstić information content (AvgIpc) is 2.63. The summed E-state index contributed by atoms with van der Waals surface area (Å²) in [5, 5.41) is 5.98. The molecule has 0 spiro atoms. The van der Waals surface area contributed by atoms with Crippen molar-refractivity contribution in [1.82, 2.24) is 15.5 Å². The molecule has 0 saturated carbocycles. The van der Waals surface area contributed by atoms with Gasteiger partial charge in [0.05, 0.1) is 6.61 Å². The number of rotatable bonds is 5. The first-order valence-electron chi connectivity index (χ1n) is 9.11. The van der Waals surface area contributed by atoms with Gasteiger partial charge in [0.15, 0.2) is 0 Å². The van der Waals surface area contributed by atoms with Gasteiger partial charge in [0.25, 0.3) is 5.91 Å². The molecule has 2 saturated heterocycles. The molecule has 3 rings (SSSR count). The number of carbonyl (C=O) groups is 2. The number of cyclic esters (lactones) is 1. The molecule has 0 aliphatic carbocycles. The van der Waals surface area contributed by atoms with Gasteiger partial charge < -0.3 is 24.7 Å². The zero-order valence-corrected chi connectivity index (χ0v) is 15.0. The predicted octanol–water partition coefficient (Wildman–Crippen LogP) is 0.987. The van der Waals surface area contributed by atoms with Gasteiger partial charge >= 0.3 is 11.7 Å². The van der Waals surface area contributed by atoms with Crippen LogP contribution in [0.4, 0.5) is 4.79 Å². The predicted molar refractivity (Wildman–Crippen MR) is 94.4 cm³/mol. The molecular weight excluding hydrogens is 338 g/mol. The lowest BCUT2D eigenvalue weighted by Crippen LogP contribution is -2.43. The number of aryl methyl sites for hydroxylation is 1. The molecule has 1 atom stereocenters. The van der Waals surface area contributed by atoms with Crippen molar-refractivity contribution in [3.8, 4) is 0 Å². The van der Waals surface area contributed by atoms with E-state index in [0.29, 0.717) is 31.0 Å². The van der Waals surface area contributed by atoms with Gasteiger partial charge in [-0.15, -0.1) is 0 Å². The summed E-state index contributed by atoms with van der Waals surface area (Å²) in [6, 6.07) is 1.79. The fourth-order valence-corrected chi connectivity index (χ4v) is 3.40. The molecule has 1 unspecified atom stereocenters. The van der Waals surface area contributed by atoms with Gasteiger partial charge in [-0.2, -0.15) is 0 Å². The molecule has 2 amide bonds. The quantitative estimate of drug-likeness (QED) is 0.809. The van der Waals surface area contributed by atoms with Crippen LogP contribution < -0.4 is 16.3 Å². The molecule has 0 bridgehead atoms. The molecule has 2 aliphatic heterocycles. The van der Waals surface area contributed by atoms with E-state index in [4.69, 9.17) is 9.15 Å². The van der Waals surface area contributed by atoms with Crippen molar-refractivity contribution in [2.24, 2.45) is 0 Å². The molecule has 1 aromatic rings. The molecule has 2 aliphatic rings. The Balaban J connectivity index is 1.61. The van der Waals surface area contributed by atoms with Crippen LogP contribution in [-0.4, -0.2) is 56.2 Å².